The van der Waals surface area contributed by atoms with Crippen molar-refractivity contribution in [2.45, 2.75) is 75.5 Å². The van der Waals surface area contributed by atoms with E-state index < -0.39 is 42.4 Å². The summed E-state index contributed by atoms with van der Waals surface area (Å²) in [6, 6.07) is 0. The second-order valence-electron chi connectivity index (χ2n) is 8.43. The third kappa shape index (κ3) is 1.09. The maximum absolute atomic E-state index is 10.2. The van der Waals surface area contributed by atoms with Gasteiger partial charge in [-0.15, -0.1) is 0 Å². The SMILES string of the molecule is CC12C3C[C@@H]1CC[C@]2(C)C31O[C@@H]2[C@H](O)[C@@H](O)[C@H](O)[C@@H](O)[C@@H]2O1. The average Bonchev–Trinajstić information content (AvgIpc) is 2.91. The Hall–Kier alpha value is -0.240. The van der Waals surface area contributed by atoms with E-state index in [0.717, 1.165) is 12.8 Å². The third-order valence-electron chi connectivity index (χ3n) is 8.17. The Bertz CT molecular complexity index is 517. The fourth-order valence-electron chi connectivity index (χ4n) is 6.60. The molecule has 1 saturated heterocycles. The van der Waals surface area contributed by atoms with Crippen LogP contribution in [-0.2, 0) is 9.47 Å². The Morgan fingerprint density at radius 1 is 0.864 bits per heavy atom. The predicted molar refractivity (Wildman–Crippen MR) is 73.5 cm³/mol. The van der Waals surface area contributed by atoms with Gasteiger partial charge >= 0.3 is 0 Å². The summed E-state index contributed by atoms with van der Waals surface area (Å²) in [5.74, 6) is 0.210. The highest BCUT2D eigenvalue weighted by molar-refractivity contribution is 5.32. The van der Waals surface area contributed by atoms with Gasteiger partial charge in [0, 0.05) is 11.3 Å². The molecule has 11 atom stereocenters. The largest absolute Gasteiger partial charge is 0.387 e. The fraction of sp³-hybridized carbons (Fsp3) is 1.00. The predicted octanol–water partition coefficient (Wildman–Crippen LogP) is -0.620. The lowest BCUT2D eigenvalue weighted by Gasteiger charge is -2.76. The molecule has 1 aliphatic heterocycles. The van der Waals surface area contributed by atoms with E-state index in [-0.39, 0.29) is 16.7 Å². The summed E-state index contributed by atoms with van der Waals surface area (Å²) in [7, 11) is 0. The lowest BCUT2D eigenvalue weighted by atomic mass is 9.32. The van der Waals surface area contributed by atoms with Crippen molar-refractivity contribution in [2.24, 2.45) is 22.7 Å². The summed E-state index contributed by atoms with van der Waals surface area (Å²) in [6.45, 7) is 4.49. The molecule has 4 aliphatic carbocycles. The molecule has 4 N–H and O–H groups in total. The van der Waals surface area contributed by atoms with E-state index in [1.165, 1.54) is 6.42 Å². The molecule has 4 saturated carbocycles. The van der Waals surface area contributed by atoms with Gasteiger partial charge in [0.25, 0.3) is 0 Å². The first-order chi connectivity index (χ1) is 10.3. The van der Waals surface area contributed by atoms with Crippen LogP contribution in [0.25, 0.3) is 0 Å². The number of rotatable bonds is 0. The zero-order chi connectivity index (χ0) is 15.7. The molecule has 5 aliphatic rings. The number of aliphatic hydroxyl groups excluding tert-OH is 4. The van der Waals surface area contributed by atoms with Gasteiger partial charge in [0.1, 0.15) is 36.6 Å². The molecule has 1 spiro atoms. The molecule has 124 valence electrons. The van der Waals surface area contributed by atoms with Crippen molar-refractivity contribution in [2.75, 3.05) is 0 Å². The summed E-state index contributed by atoms with van der Waals surface area (Å²) in [4.78, 5) is 0. The molecule has 0 aromatic heterocycles. The van der Waals surface area contributed by atoms with E-state index in [0.29, 0.717) is 5.92 Å². The first kappa shape index (κ1) is 14.1. The Morgan fingerprint density at radius 3 is 1.95 bits per heavy atom. The lowest BCUT2D eigenvalue weighted by molar-refractivity contribution is -0.439. The van der Waals surface area contributed by atoms with E-state index in [1.54, 1.807) is 0 Å². The molecule has 0 aromatic carbocycles. The Balaban J connectivity index is 1.53. The van der Waals surface area contributed by atoms with Gasteiger partial charge in [-0.25, -0.2) is 0 Å². The van der Waals surface area contributed by atoms with E-state index in [4.69, 9.17) is 9.47 Å². The fourth-order valence-corrected chi connectivity index (χ4v) is 6.60. The highest BCUT2D eigenvalue weighted by atomic mass is 16.8. The molecule has 6 heteroatoms. The van der Waals surface area contributed by atoms with Crippen molar-refractivity contribution < 1.29 is 29.9 Å². The minimum absolute atomic E-state index is 0.125. The average molecular weight is 312 g/mol. The molecule has 0 bridgehead atoms. The van der Waals surface area contributed by atoms with E-state index in [2.05, 4.69) is 13.8 Å². The number of hydrogen-bond acceptors (Lipinski definition) is 6. The van der Waals surface area contributed by atoms with Gasteiger partial charge in [0.05, 0.1) is 0 Å². The zero-order valence-corrected chi connectivity index (χ0v) is 12.8. The quantitative estimate of drug-likeness (QED) is 0.476. The smallest absolute Gasteiger partial charge is 0.178 e. The molecule has 6 nitrogen and oxygen atoms in total. The van der Waals surface area contributed by atoms with E-state index in [9.17, 15) is 20.4 Å². The van der Waals surface area contributed by atoms with Crippen LogP contribution in [0.1, 0.15) is 33.1 Å². The van der Waals surface area contributed by atoms with Crippen LogP contribution >= 0.6 is 0 Å². The highest BCUT2D eigenvalue weighted by Crippen LogP contribution is 2.86. The minimum Gasteiger partial charge on any atom is -0.387 e. The van der Waals surface area contributed by atoms with Crippen LogP contribution in [0.5, 0.6) is 0 Å². The molecule has 1 heterocycles. The molecule has 5 fully saturated rings. The van der Waals surface area contributed by atoms with Crippen molar-refractivity contribution in [3.05, 3.63) is 0 Å². The Morgan fingerprint density at radius 2 is 1.41 bits per heavy atom. The van der Waals surface area contributed by atoms with Gasteiger partial charge in [-0.2, -0.15) is 0 Å². The topological polar surface area (TPSA) is 99.4 Å². The van der Waals surface area contributed by atoms with Gasteiger partial charge in [-0.3, -0.25) is 0 Å². The number of aliphatic hydroxyl groups is 4. The maximum Gasteiger partial charge on any atom is 0.178 e. The molecular weight excluding hydrogens is 288 g/mol. The van der Waals surface area contributed by atoms with Gasteiger partial charge in [0.15, 0.2) is 5.79 Å². The normalized spacial score (nSPS) is 71.7. The van der Waals surface area contributed by atoms with Crippen LogP contribution in [0.15, 0.2) is 0 Å². The summed E-state index contributed by atoms with van der Waals surface area (Å²) in [5.41, 5.74) is 0.0912. The molecule has 0 radical (unpaired) electrons. The molecule has 0 aromatic rings. The standard InChI is InChI=1S/C16H24O6/c1-14-4-3-6-5-7(15(6,14)2)16(14)21-12-10(19)8(17)9(18)11(20)13(12)22-16/h6-13,17-20H,3-5H2,1-2H3/t6-,7?,8-,9-,10+,11+,12-,13+,14-,15?,16?/m0/s1. The Labute approximate surface area is 129 Å². The van der Waals surface area contributed by atoms with Crippen molar-refractivity contribution in [1.29, 1.82) is 0 Å². The monoisotopic (exact) mass is 312 g/mol. The van der Waals surface area contributed by atoms with Crippen LogP contribution in [0.4, 0.5) is 0 Å². The summed E-state index contributed by atoms with van der Waals surface area (Å²) >= 11 is 0. The van der Waals surface area contributed by atoms with Crippen molar-refractivity contribution in [3.8, 4) is 0 Å². The third-order valence-corrected chi connectivity index (χ3v) is 8.17. The van der Waals surface area contributed by atoms with Crippen LogP contribution < -0.4 is 0 Å². The molecule has 3 unspecified atom stereocenters. The van der Waals surface area contributed by atoms with Gasteiger partial charge in [-0.1, -0.05) is 13.8 Å². The number of fused-ring (bicyclic) bond motifs is 3. The van der Waals surface area contributed by atoms with Crippen molar-refractivity contribution in [1.82, 2.24) is 0 Å². The Kier molecular flexibility index (Phi) is 2.38. The van der Waals surface area contributed by atoms with E-state index in [1.807, 2.05) is 0 Å². The van der Waals surface area contributed by atoms with E-state index >= 15 is 0 Å². The molecule has 5 rings (SSSR count). The van der Waals surface area contributed by atoms with Gasteiger partial charge in [0.2, 0.25) is 0 Å². The van der Waals surface area contributed by atoms with Crippen LogP contribution in [0.3, 0.4) is 0 Å². The van der Waals surface area contributed by atoms with Crippen LogP contribution in [0.2, 0.25) is 0 Å². The summed E-state index contributed by atoms with van der Waals surface area (Å²) in [5, 5.41) is 40.3. The maximum atomic E-state index is 10.2. The second kappa shape index (κ2) is 3.71. The van der Waals surface area contributed by atoms with Gasteiger partial charge < -0.3 is 29.9 Å². The number of hydrogen-bond donors (Lipinski definition) is 4. The second-order valence-corrected chi connectivity index (χ2v) is 8.43. The molecule has 22 heavy (non-hydrogen) atoms. The minimum atomic E-state index is -1.41. The lowest BCUT2D eigenvalue weighted by Crippen LogP contribution is -2.80. The first-order valence-corrected chi connectivity index (χ1v) is 8.36. The zero-order valence-electron chi connectivity index (χ0n) is 12.8. The van der Waals surface area contributed by atoms with Crippen molar-refractivity contribution in [3.63, 3.8) is 0 Å². The highest BCUT2D eigenvalue weighted by Gasteiger charge is 2.89. The van der Waals surface area contributed by atoms with Gasteiger partial charge in [-0.05, 0) is 30.6 Å². The number of ether oxygens (including phenoxy) is 2. The molecular formula is C16H24O6. The summed E-state index contributed by atoms with van der Waals surface area (Å²) < 4.78 is 12.4. The van der Waals surface area contributed by atoms with Crippen LogP contribution in [0, 0.1) is 22.7 Å². The summed E-state index contributed by atoms with van der Waals surface area (Å²) in [6.07, 6.45) is -3.62. The van der Waals surface area contributed by atoms with Crippen molar-refractivity contribution >= 4 is 0 Å². The molecule has 0 amide bonds. The van der Waals surface area contributed by atoms with Crippen LogP contribution in [-0.4, -0.2) is 62.8 Å². The first-order valence-electron chi connectivity index (χ1n) is 8.36.